The van der Waals surface area contributed by atoms with Crippen LogP contribution in [0.3, 0.4) is 0 Å². The van der Waals surface area contributed by atoms with Crippen LogP contribution in [0, 0.1) is 0 Å². The zero-order chi connectivity index (χ0) is 13.1. The lowest BCUT2D eigenvalue weighted by Gasteiger charge is -2.22. The van der Waals surface area contributed by atoms with Crippen molar-refractivity contribution in [3.63, 3.8) is 0 Å². The van der Waals surface area contributed by atoms with E-state index in [0.717, 1.165) is 12.0 Å². The summed E-state index contributed by atoms with van der Waals surface area (Å²) in [4.78, 5) is 11.7. The van der Waals surface area contributed by atoms with Crippen LogP contribution in [0.15, 0.2) is 24.3 Å². The third kappa shape index (κ3) is 2.91. The van der Waals surface area contributed by atoms with Gasteiger partial charge in [-0.2, -0.15) is 0 Å². The second-order valence-electron chi connectivity index (χ2n) is 5.21. The summed E-state index contributed by atoms with van der Waals surface area (Å²) in [5.41, 5.74) is 7.91. The molecule has 1 aliphatic carbocycles. The van der Waals surface area contributed by atoms with Gasteiger partial charge in [0.2, 0.25) is 5.91 Å². The number of carbonyl (C=O) groups is 1. The first-order valence-corrected chi connectivity index (χ1v) is 6.77. The van der Waals surface area contributed by atoms with Crippen LogP contribution in [0.4, 0.5) is 0 Å². The highest BCUT2D eigenvalue weighted by atomic mass is 16.1. The van der Waals surface area contributed by atoms with Gasteiger partial charge in [-0.25, -0.2) is 0 Å². The molecule has 2 unspecified atom stereocenters. The molecule has 1 aromatic rings. The van der Waals surface area contributed by atoms with Crippen LogP contribution in [0.5, 0.6) is 0 Å². The van der Waals surface area contributed by atoms with E-state index in [1.54, 1.807) is 0 Å². The second kappa shape index (κ2) is 5.53. The van der Waals surface area contributed by atoms with E-state index in [1.165, 1.54) is 18.4 Å². The van der Waals surface area contributed by atoms with Crippen molar-refractivity contribution in [2.24, 2.45) is 5.73 Å². The Bertz CT molecular complexity index is 426. The van der Waals surface area contributed by atoms with Gasteiger partial charge in [-0.1, -0.05) is 31.2 Å². The average Bonchev–Trinajstić information content (AvgIpc) is 3.19. The fraction of sp³-hybridized carbons (Fsp3) is 0.533. The first-order chi connectivity index (χ1) is 8.63. The number of rotatable bonds is 6. The molecule has 1 amide bonds. The van der Waals surface area contributed by atoms with Crippen LogP contribution < -0.4 is 11.1 Å². The number of benzene rings is 1. The number of amides is 1. The summed E-state index contributed by atoms with van der Waals surface area (Å²) < 4.78 is 0. The van der Waals surface area contributed by atoms with Crippen molar-refractivity contribution in [3.8, 4) is 0 Å². The number of nitrogens with two attached hydrogens (primary N) is 1. The van der Waals surface area contributed by atoms with E-state index in [0.29, 0.717) is 5.92 Å². The molecule has 1 aromatic carbocycles. The van der Waals surface area contributed by atoms with Crippen molar-refractivity contribution in [1.29, 1.82) is 0 Å². The SMILES string of the molecule is CCC(C)NC(C(N)=O)c1ccccc1C1CC1. The summed E-state index contributed by atoms with van der Waals surface area (Å²) in [6, 6.07) is 8.10. The van der Waals surface area contributed by atoms with Crippen LogP contribution >= 0.6 is 0 Å². The number of nitrogens with one attached hydrogen (secondary N) is 1. The largest absolute Gasteiger partial charge is 0.368 e. The monoisotopic (exact) mass is 246 g/mol. The van der Waals surface area contributed by atoms with Gasteiger partial charge < -0.3 is 5.73 Å². The smallest absolute Gasteiger partial charge is 0.239 e. The minimum absolute atomic E-state index is 0.287. The van der Waals surface area contributed by atoms with E-state index in [1.807, 2.05) is 18.2 Å². The molecule has 1 aliphatic rings. The Morgan fingerprint density at radius 2 is 2.11 bits per heavy atom. The summed E-state index contributed by atoms with van der Waals surface area (Å²) in [5, 5.41) is 3.33. The molecule has 98 valence electrons. The molecular formula is C15H22N2O. The number of hydrogen-bond donors (Lipinski definition) is 2. The van der Waals surface area contributed by atoms with Crippen LogP contribution in [0.1, 0.15) is 56.2 Å². The zero-order valence-corrected chi connectivity index (χ0v) is 11.1. The highest BCUT2D eigenvalue weighted by Gasteiger charge is 2.30. The van der Waals surface area contributed by atoms with Crippen molar-refractivity contribution in [1.82, 2.24) is 5.32 Å². The Labute approximate surface area is 109 Å². The van der Waals surface area contributed by atoms with Crippen molar-refractivity contribution in [2.75, 3.05) is 0 Å². The predicted octanol–water partition coefficient (Wildman–Crippen LogP) is 2.48. The van der Waals surface area contributed by atoms with E-state index in [-0.39, 0.29) is 18.0 Å². The van der Waals surface area contributed by atoms with Crippen molar-refractivity contribution in [2.45, 2.75) is 51.1 Å². The Morgan fingerprint density at radius 3 is 2.67 bits per heavy atom. The maximum absolute atomic E-state index is 11.7. The lowest BCUT2D eigenvalue weighted by molar-refractivity contribution is -0.120. The topological polar surface area (TPSA) is 55.1 Å². The molecule has 1 fully saturated rings. The van der Waals surface area contributed by atoms with E-state index >= 15 is 0 Å². The Hall–Kier alpha value is -1.35. The van der Waals surface area contributed by atoms with Gasteiger partial charge >= 0.3 is 0 Å². The molecule has 2 atom stereocenters. The standard InChI is InChI=1S/C15H22N2O/c1-3-10(2)17-14(15(16)18)13-7-5-4-6-12(13)11-8-9-11/h4-7,10-11,14,17H,3,8-9H2,1-2H3,(H2,16,18). The molecule has 0 aromatic heterocycles. The fourth-order valence-electron chi connectivity index (χ4n) is 2.27. The molecule has 0 heterocycles. The second-order valence-corrected chi connectivity index (χ2v) is 5.21. The van der Waals surface area contributed by atoms with E-state index in [4.69, 9.17) is 5.73 Å². The first-order valence-electron chi connectivity index (χ1n) is 6.77. The summed E-state index contributed by atoms with van der Waals surface area (Å²) >= 11 is 0. The molecule has 3 N–H and O–H groups in total. The van der Waals surface area contributed by atoms with Gasteiger partial charge in [0.25, 0.3) is 0 Å². The highest BCUT2D eigenvalue weighted by Crippen LogP contribution is 2.42. The summed E-state index contributed by atoms with van der Waals surface area (Å²) in [6.07, 6.45) is 3.44. The lowest BCUT2D eigenvalue weighted by Crippen LogP contribution is -2.39. The number of carbonyl (C=O) groups excluding carboxylic acids is 1. The third-order valence-corrected chi connectivity index (χ3v) is 3.67. The molecule has 1 saturated carbocycles. The maximum Gasteiger partial charge on any atom is 0.239 e. The van der Waals surface area contributed by atoms with Crippen LogP contribution in [-0.4, -0.2) is 11.9 Å². The molecule has 0 bridgehead atoms. The average molecular weight is 246 g/mol. The van der Waals surface area contributed by atoms with Gasteiger partial charge in [0.05, 0.1) is 0 Å². The van der Waals surface area contributed by atoms with Crippen LogP contribution in [0.2, 0.25) is 0 Å². The third-order valence-electron chi connectivity index (χ3n) is 3.67. The molecule has 0 radical (unpaired) electrons. The number of hydrogen-bond acceptors (Lipinski definition) is 2. The molecule has 3 heteroatoms. The predicted molar refractivity (Wildman–Crippen MR) is 73.2 cm³/mol. The molecule has 18 heavy (non-hydrogen) atoms. The summed E-state index contributed by atoms with van der Waals surface area (Å²) in [7, 11) is 0. The highest BCUT2D eigenvalue weighted by molar-refractivity contribution is 5.82. The van der Waals surface area contributed by atoms with Crippen molar-refractivity contribution < 1.29 is 4.79 Å². The van der Waals surface area contributed by atoms with E-state index < -0.39 is 0 Å². The molecular weight excluding hydrogens is 224 g/mol. The van der Waals surface area contributed by atoms with Gasteiger partial charge in [0.15, 0.2) is 0 Å². The van der Waals surface area contributed by atoms with Gasteiger partial charge in [-0.05, 0) is 43.2 Å². The molecule has 0 saturated heterocycles. The van der Waals surface area contributed by atoms with Crippen molar-refractivity contribution in [3.05, 3.63) is 35.4 Å². The Balaban J connectivity index is 2.27. The Kier molecular flexibility index (Phi) is 4.02. The normalized spacial score (nSPS) is 18.3. The Morgan fingerprint density at radius 1 is 1.44 bits per heavy atom. The van der Waals surface area contributed by atoms with Gasteiger partial charge in [-0.3, -0.25) is 10.1 Å². The van der Waals surface area contributed by atoms with Gasteiger partial charge in [-0.15, -0.1) is 0 Å². The molecule has 0 aliphatic heterocycles. The van der Waals surface area contributed by atoms with Crippen molar-refractivity contribution >= 4 is 5.91 Å². The van der Waals surface area contributed by atoms with Gasteiger partial charge in [0, 0.05) is 6.04 Å². The summed E-state index contributed by atoms with van der Waals surface area (Å²) in [5.74, 6) is 0.338. The molecule has 0 spiro atoms. The number of primary amides is 1. The lowest BCUT2D eigenvalue weighted by atomic mass is 9.96. The van der Waals surface area contributed by atoms with E-state index in [2.05, 4.69) is 25.2 Å². The zero-order valence-electron chi connectivity index (χ0n) is 11.1. The van der Waals surface area contributed by atoms with Crippen LogP contribution in [0.25, 0.3) is 0 Å². The van der Waals surface area contributed by atoms with Crippen LogP contribution in [-0.2, 0) is 4.79 Å². The molecule has 2 rings (SSSR count). The minimum atomic E-state index is -0.364. The fourth-order valence-corrected chi connectivity index (χ4v) is 2.27. The first kappa shape index (κ1) is 13.1. The van der Waals surface area contributed by atoms with Gasteiger partial charge in [0.1, 0.15) is 6.04 Å². The maximum atomic E-state index is 11.7. The minimum Gasteiger partial charge on any atom is -0.368 e. The molecule has 3 nitrogen and oxygen atoms in total. The summed E-state index contributed by atoms with van der Waals surface area (Å²) in [6.45, 7) is 4.18. The van der Waals surface area contributed by atoms with E-state index in [9.17, 15) is 4.79 Å². The quantitative estimate of drug-likeness (QED) is 0.810.